The summed E-state index contributed by atoms with van der Waals surface area (Å²) in [4.78, 5) is 37.9. The van der Waals surface area contributed by atoms with Gasteiger partial charge in [0, 0.05) is 19.3 Å². The summed E-state index contributed by atoms with van der Waals surface area (Å²) in [5.74, 6) is -0.895. The Bertz CT molecular complexity index is 1070. The maximum atomic E-state index is 12.8. The van der Waals surface area contributed by atoms with Gasteiger partial charge >= 0.3 is 17.9 Å². The van der Waals surface area contributed by atoms with Crippen LogP contribution in [0.25, 0.3) is 0 Å². The molecular formula is C55H98O6. The average molecular weight is 855 g/mol. The zero-order valence-electron chi connectivity index (χ0n) is 40.4. The molecule has 0 bridgehead atoms. The first-order chi connectivity index (χ1) is 30.0. The largest absolute Gasteiger partial charge is 0.462 e. The molecule has 0 saturated heterocycles. The number of carbonyl (C=O) groups is 3. The topological polar surface area (TPSA) is 78.9 Å². The SMILES string of the molecule is CCCCC/C=C\C/C=C\CCCCCCCCCC(=O)OC[C@H](COC(=O)CCCCCCCCCCCCC)OC(=O)CCCCCCC/C=C\C/C=C\CCCCC. The highest BCUT2D eigenvalue weighted by molar-refractivity contribution is 5.71. The molecule has 354 valence electrons. The van der Waals surface area contributed by atoms with Crippen molar-refractivity contribution in [2.24, 2.45) is 0 Å². The van der Waals surface area contributed by atoms with Gasteiger partial charge in [0.2, 0.25) is 0 Å². The summed E-state index contributed by atoms with van der Waals surface area (Å²) in [6.45, 7) is 6.57. The van der Waals surface area contributed by atoms with E-state index in [0.717, 1.165) is 96.3 Å². The van der Waals surface area contributed by atoms with Crippen LogP contribution in [-0.4, -0.2) is 37.2 Å². The van der Waals surface area contributed by atoms with Gasteiger partial charge < -0.3 is 14.2 Å². The molecule has 0 aliphatic rings. The number of esters is 3. The second-order valence-electron chi connectivity index (χ2n) is 17.4. The van der Waals surface area contributed by atoms with Gasteiger partial charge in [0.05, 0.1) is 0 Å². The van der Waals surface area contributed by atoms with E-state index in [9.17, 15) is 14.4 Å². The molecule has 0 aliphatic heterocycles. The lowest BCUT2D eigenvalue weighted by atomic mass is 10.1. The molecule has 0 N–H and O–H groups in total. The number of hydrogen-bond acceptors (Lipinski definition) is 6. The lowest BCUT2D eigenvalue weighted by Crippen LogP contribution is -2.30. The molecule has 0 fully saturated rings. The van der Waals surface area contributed by atoms with Crippen molar-refractivity contribution in [3.63, 3.8) is 0 Å². The second-order valence-corrected chi connectivity index (χ2v) is 17.4. The fourth-order valence-corrected chi connectivity index (χ4v) is 7.33. The normalized spacial score (nSPS) is 12.4. The van der Waals surface area contributed by atoms with Crippen molar-refractivity contribution in [2.75, 3.05) is 13.2 Å². The van der Waals surface area contributed by atoms with E-state index >= 15 is 0 Å². The molecule has 0 amide bonds. The van der Waals surface area contributed by atoms with E-state index in [-0.39, 0.29) is 31.1 Å². The molecule has 0 unspecified atom stereocenters. The summed E-state index contributed by atoms with van der Waals surface area (Å²) in [7, 11) is 0. The van der Waals surface area contributed by atoms with Crippen molar-refractivity contribution >= 4 is 17.9 Å². The van der Waals surface area contributed by atoms with Crippen molar-refractivity contribution in [3.05, 3.63) is 48.6 Å². The lowest BCUT2D eigenvalue weighted by molar-refractivity contribution is -0.167. The monoisotopic (exact) mass is 855 g/mol. The Morgan fingerprint density at radius 3 is 0.934 bits per heavy atom. The number of carbonyl (C=O) groups excluding carboxylic acids is 3. The average Bonchev–Trinajstić information content (AvgIpc) is 3.26. The van der Waals surface area contributed by atoms with Gasteiger partial charge in [-0.3, -0.25) is 14.4 Å². The first-order valence-electron chi connectivity index (χ1n) is 26.1. The minimum Gasteiger partial charge on any atom is -0.462 e. The molecule has 0 spiro atoms. The highest BCUT2D eigenvalue weighted by atomic mass is 16.6. The molecule has 0 rings (SSSR count). The van der Waals surface area contributed by atoms with Crippen LogP contribution in [0.2, 0.25) is 0 Å². The number of ether oxygens (including phenoxy) is 3. The summed E-state index contributed by atoms with van der Waals surface area (Å²) in [6.07, 6.45) is 59.4. The summed E-state index contributed by atoms with van der Waals surface area (Å²) >= 11 is 0. The maximum Gasteiger partial charge on any atom is 0.306 e. The quantitative estimate of drug-likeness (QED) is 0.0263. The van der Waals surface area contributed by atoms with Crippen molar-refractivity contribution in [1.29, 1.82) is 0 Å². The van der Waals surface area contributed by atoms with Gasteiger partial charge in [-0.25, -0.2) is 0 Å². The van der Waals surface area contributed by atoms with Crippen LogP contribution >= 0.6 is 0 Å². The number of rotatable bonds is 47. The minimum absolute atomic E-state index is 0.0793. The Labute approximate surface area is 378 Å². The number of allylic oxidation sites excluding steroid dienone is 8. The Hall–Kier alpha value is -2.63. The molecule has 0 heterocycles. The molecule has 0 aromatic rings. The van der Waals surface area contributed by atoms with Crippen LogP contribution in [0.4, 0.5) is 0 Å². The van der Waals surface area contributed by atoms with Crippen molar-refractivity contribution in [1.82, 2.24) is 0 Å². The third-order valence-corrected chi connectivity index (χ3v) is 11.3. The second kappa shape index (κ2) is 50.0. The highest BCUT2D eigenvalue weighted by Gasteiger charge is 2.19. The molecule has 6 nitrogen and oxygen atoms in total. The zero-order chi connectivity index (χ0) is 44.4. The highest BCUT2D eigenvalue weighted by Crippen LogP contribution is 2.15. The van der Waals surface area contributed by atoms with Crippen LogP contribution in [0.15, 0.2) is 48.6 Å². The van der Waals surface area contributed by atoms with Gasteiger partial charge in [-0.2, -0.15) is 0 Å². The van der Waals surface area contributed by atoms with Gasteiger partial charge in [-0.15, -0.1) is 0 Å². The molecule has 0 saturated carbocycles. The van der Waals surface area contributed by atoms with Gasteiger partial charge in [0.1, 0.15) is 13.2 Å². The third kappa shape index (κ3) is 48.3. The van der Waals surface area contributed by atoms with Gasteiger partial charge in [-0.1, -0.05) is 211 Å². The van der Waals surface area contributed by atoms with Gasteiger partial charge in [-0.05, 0) is 83.5 Å². The van der Waals surface area contributed by atoms with Crippen LogP contribution in [-0.2, 0) is 28.6 Å². The van der Waals surface area contributed by atoms with Crippen LogP contribution in [0.1, 0.15) is 265 Å². The molecule has 61 heavy (non-hydrogen) atoms. The van der Waals surface area contributed by atoms with Crippen molar-refractivity contribution in [3.8, 4) is 0 Å². The van der Waals surface area contributed by atoms with E-state index in [4.69, 9.17) is 14.2 Å². The van der Waals surface area contributed by atoms with Crippen LogP contribution in [0.3, 0.4) is 0 Å². The summed E-state index contributed by atoms with van der Waals surface area (Å²) in [6, 6.07) is 0. The predicted molar refractivity (Wildman–Crippen MR) is 261 cm³/mol. The maximum absolute atomic E-state index is 12.8. The van der Waals surface area contributed by atoms with E-state index in [2.05, 4.69) is 69.4 Å². The van der Waals surface area contributed by atoms with E-state index in [1.807, 2.05) is 0 Å². The minimum atomic E-state index is -0.780. The molecule has 6 heteroatoms. The van der Waals surface area contributed by atoms with E-state index in [1.54, 1.807) is 0 Å². The standard InChI is InChI=1S/C55H98O6/c1-4-7-10-13-16-19-22-24-26-27-29-30-33-36-39-42-45-48-54(57)60-51-52(50-59-53(56)47-44-41-38-35-32-21-18-15-12-9-6-3)61-55(58)49-46-43-40-37-34-31-28-25-23-20-17-14-11-8-5-2/h16-17,19-20,24-26,28,52H,4-15,18,21-23,27,29-51H2,1-3H3/b19-16-,20-17-,26-24-,28-25-/t52-/m0/s1. The lowest BCUT2D eigenvalue weighted by Gasteiger charge is -2.18. The van der Waals surface area contributed by atoms with Gasteiger partial charge in [0.15, 0.2) is 6.10 Å². The molecule has 0 aliphatic carbocycles. The molecule has 1 atom stereocenters. The Morgan fingerprint density at radius 2 is 0.590 bits per heavy atom. The molecule has 0 aromatic heterocycles. The Morgan fingerprint density at radius 1 is 0.328 bits per heavy atom. The Kier molecular flexibility index (Phi) is 47.9. The fraction of sp³-hybridized carbons (Fsp3) is 0.800. The van der Waals surface area contributed by atoms with Gasteiger partial charge in [0.25, 0.3) is 0 Å². The van der Waals surface area contributed by atoms with E-state index in [1.165, 1.54) is 128 Å². The van der Waals surface area contributed by atoms with Crippen LogP contribution in [0.5, 0.6) is 0 Å². The molecule has 0 aromatic carbocycles. The first kappa shape index (κ1) is 58.4. The summed E-state index contributed by atoms with van der Waals surface area (Å²) in [5, 5.41) is 0. The fourth-order valence-electron chi connectivity index (χ4n) is 7.33. The first-order valence-corrected chi connectivity index (χ1v) is 26.1. The Balaban J connectivity index is 4.38. The molecular weight excluding hydrogens is 757 g/mol. The number of unbranched alkanes of at least 4 members (excludes halogenated alkanes) is 28. The van der Waals surface area contributed by atoms with E-state index < -0.39 is 6.10 Å². The summed E-state index contributed by atoms with van der Waals surface area (Å²) in [5.41, 5.74) is 0. The van der Waals surface area contributed by atoms with Crippen LogP contribution in [0, 0.1) is 0 Å². The number of hydrogen-bond donors (Lipinski definition) is 0. The van der Waals surface area contributed by atoms with Crippen molar-refractivity contribution in [2.45, 2.75) is 271 Å². The van der Waals surface area contributed by atoms with Crippen LogP contribution < -0.4 is 0 Å². The predicted octanol–water partition coefficient (Wildman–Crippen LogP) is 17.1. The summed E-state index contributed by atoms with van der Waals surface area (Å²) < 4.78 is 16.8. The third-order valence-electron chi connectivity index (χ3n) is 11.3. The zero-order valence-corrected chi connectivity index (χ0v) is 40.4. The molecule has 0 radical (unpaired) electrons. The van der Waals surface area contributed by atoms with E-state index in [0.29, 0.717) is 19.3 Å². The smallest absolute Gasteiger partial charge is 0.306 e. The van der Waals surface area contributed by atoms with Crippen molar-refractivity contribution < 1.29 is 28.6 Å².